The first-order chi connectivity index (χ1) is 9.19. The van der Waals surface area contributed by atoms with Crippen LogP contribution in [0.3, 0.4) is 0 Å². The first-order valence-corrected chi connectivity index (χ1v) is 6.39. The van der Waals surface area contributed by atoms with E-state index >= 15 is 0 Å². The molecule has 0 amide bonds. The van der Waals surface area contributed by atoms with Crippen molar-refractivity contribution in [3.63, 3.8) is 0 Å². The molecule has 0 saturated heterocycles. The molecule has 0 saturated carbocycles. The van der Waals surface area contributed by atoms with E-state index in [9.17, 15) is 0 Å². The molecule has 104 valence electrons. The highest BCUT2D eigenvalue weighted by atomic mass is 16.4. The molecule has 0 bridgehead atoms. The number of nitrogens with zero attached hydrogens (tertiary/aromatic N) is 3. The Morgan fingerprint density at radius 1 is 1.05 bits per heavy atom. The number of hydrogen-bond donors (Lipinski definition) is 2. The summed E-state index contributed by atoms with van der Waals surface area (Å²) in [6, 6.07) is 0.377. The summed E-state index contributed by atoms with van der Waals surface area (Å²) in [4.78, 5) is 4.26. The van der Waals surface area contributed by atoms with Crippen molar-refractivity contribution in [1.82, 2.24) is 20.5 Å². The molecule has 7 nitrogen and oxygen atoms in total. The summed E-state index contributed by atoms with van der Waals surface area (Å²) in [5.74, 6) is 2.00. The molecule has 0 aliphatic heterocycles. The van der Waals surface area contributed by atoms with E-state index in [2.05, 4.69) is 32.7 Å². The Hall–Kier alpha value is -1.89. The van der Waals surface area contributed by atoms with Crippen molar-refractivity contribution in [3.05, 3.63) is 23.2 Å². The smallest absolute Gasteiger partial charge is 0.315 e. The summed E-state index contributed by atoms with van der Waals surface area (Å²) < 4.78 is 10.9. The van der Waals surface area contributed by atoms with Crippen LogP contribution in [0.15, 0.2) is 8.83 Å². The molecule has 0 aromatic carbocycles. The number of oxazole rings is 1. The van der Waals surface area contributed by atoms with Crippen molar-refractivity contribution in [2.75, 3.05) is 11.9 Å². The number of aromatic nitrogens is 3. The Kier molecular flexibility index (Phi) is 4.51. The number of hydrogen-bond acceptors (Lipinski definition) is 7. The maximum Gasteiger partial charge on any atom is 0.315 e. The third kappa shape index (κ3) is 3.78. The highest BCUT2D eigenvalue weighted by molar-refractivity contribution is 5.18. The Labute approximate surface area is 111 Å². The summed E-state index contributed by atoms with van der Waals surface area (Å²) >= 11 is 0. The molecule has 19 heavy (non-hydrogen) atoms. The molecule has 0 unspecified atom stereocenters. The zero-order valence-corrected chi connectivity index (χ0v) is 11.5. The van der Waals surface area contributed by atoms with Gasteiger partial charge in [0.05, 0.1) is 18.8 Å². The second-order valence-electron chi connectivity index (χ2n) is 4.28. The van der Waals surface area contributed by atoms with E-state index in [0.29, 0.717) is 30.9 Å². The topological polar surface area (TPSA) is 89.0 Å². The fourth-order valence-corrected chi connectivity index (χ4v) is 1.53. The maximum atomic E-state index is 5.45. The van der Waals surface area contributed by atoms with Gasteiger partial charge in [0.1, 0.15) is 5.76 Å². The maximum absolute atomic E-state index is 5.45. The minimum absolute atomic E-state index is 0.377. The first-order valence-electron chi connectivity index (χ1n) is 6.39. The lowest BCUT2D eigenvalue weighted by atomic mass is 10.4. The van der Waals surface area contributed by atoms with E-state index < -0.39 is 0 Å². The van der Waals surface area contributed by atoms with Crippen LogP contribution < -0.4 is 10.6 Å². The summed E-state index contributed by atoms with van der Waals surface area (Å²) in [5, 5.41) is 14.0. The van der Waals surface area contributed by atoms with Crippen molar-refractivity contribution >= 4 is 6.01 Å². The molecule has 2 rings (SSSR count). The van der Waals surface area contributed by atoms with Crippen LogP contribution >= 0.6 is 0 Å². The number of nitrogens with one attached hydrogen (secondary N) is 2. The monoisotopic (exact) mass is 265 g/mol. The second kappa shape index (κ2) is 6.33. The van der Waals surface area contributed by atoms with E-state index in [1.54, 1.807) is 0 Å². The molecular weight excluding hydrogens is 246 g/mol. The van der Waals surface area contributed by atoms with Gasteiger partial charge in [0, 0.05) is 0 Å². The minimum Gasteiger partial charge on any atom is -0.444 e. The predicted molar refractivity (Wildman–Crippen MR) is 69.6 cm³/mol. The van der Waals surface area contributed by atoms with Crippen LogP contribution in [0.25, 0.3) is 0 Å². The van der Waals surface area contributed by atoms with Crippen LogP contribution in [0.2, 0.25) is 0 Å². The van der Waals surface area contributed by atoms with Crippen LogP contribution in [-0.2, 0) is 13.1 Å². The molecule has 2 aromatic heterocycles. The molecule has 2 heterocycles. The first kappa shape index (κ1) is 13.5. The molecule has 0 aliphatic carbocycles. The Morgan fingerprint density at radius 3 is 2.58 bits per heavy atom. The van der Waals surface area contributed by atoms with Crippen molar-refractivity contribution < 1.29 is 8.83 Å². The Morgan fingerprint density at radius 2 is 1.89 bits per heavy atom. The van der Waals surface area contributed by atoms with E-state index in [1.807, 2.05) is 13.8 Å². The van der Waals surface area contributed by atoms with Gasteiger partial charge in [0.25, 0.3) is 0 Å². The summed E-state index contributed by atoms with van der Waals surface area (Å²) in [7, 11) is 0. The zero-order chi connectivity index (χ0) is 13.7. The fourth-order valence-electron chi connectivity index (χ4n) is 1.53. The van der Waals surface area contributed by atoms with Gasteiger partial charge in [0.2, 0.25) is 11.8 Å². The fraction of sp³-hybridized carbons (Fsp3) is 0.583. The highest BCUT2D eigenvalue weighted by Gasteiger charge is 2.08. The van der Waals surface area contributed by atoms with Gasteiger partial charge in [-0.05, 0) is 26.8 Å². The van der Waals surface area contributed by atoms with Gasteiger partial charge in [-0.3, -0.25) is 0 Å². The van der Waals surface area contributed by atoms with E-state index in [1.165, 1.54) is 0 Å². The zero-order valence-electron chi connectivity index (χ0n) is 11.5. The third-order valence-electron chi connectivity index (χ3n) is 2.63. The average Bonchev–Trinajstić information content (AvgIpc) is 2.95. The van der Waals surface area contributed by atoms with Crippen molar-refractivity contribution in [1.29, 1.82) is 0 Å². The van der Waals surface area contributed by atoms with E-state index in [0.717, 1.165) is 24.4 Å². The van der Waals surface area contributed by atoms with Crippen LogP contribution in [0.4, 0.5) is 6.01 Å². The third-order valence-corrected chi connectivity index (χ3v) is 2.63. The lowest BCUT2D eigenvalue weighted by Gasteiger charge is -1.97. The summed E-state index contributed by atoms with van der Waals surface area (Å²) in [6.45, 7) is 7.84. The van der Waals surface area contributed by atoms with E-state index in [-0.39, 0.29) is 0 Å². The molecule has 0 aliphatic rings. The van der Waals surface area contributed by atoms with Crippen molar-refractivity contribution in [2.24, 2.45) is 0 Å². The molecule has 2 N–H and O–H groups in total. The molecule has 2 aromatic rings. The predicted octanol–water partition coefficient (Wildman–Crippen LogP) is 1.79. The standard InChI is InChI=1S/C12H19N5O2/c1-4-5-13-6-11-16-17-12(19-11)14-7-10-15-8(2)9(3)18-10/h13H,4-7H2,1-3H3,(H,14,17). The molecular formula is C12H19N5O2. The summed E-state index contributed by atoms with van der Waals surface area (Å²) in [5.41, 5.74) is 0.895. The normalized spacial score (nSPS) is 10.9. The van der Waals surface area contributed by atoms with Gasteiger partial charge < -0.3 is 19.5 Å². The summed E-state index contributed by atoms with van der Waals surface area (Å²) in [6.07, 6.45) is 1.07. The largest absolute Gasteiger partial charge is 0.444 e. The average molecular weight is 265 g/mol. The molecule has 7 heteroatoms. The molecule has 0 atom stereocenters. The molecule has 0 fully saturated rings. The lowest BCUT2D eigenvalue weighted by molar-refractivity contribution is 0.461. The van der Waals surface area contributed by atoms with Gasteiger partial charge in [-0.1, -0.05) is 12.0 Å². The quantitative estimate of drug-likeness (QED) is 0.737. The minimum atomic E-state index is 0.377. The SMILES string of the molecule is CCCNCc1nnc(NCc2nc(C)c(C)o2)o1. The van der Waals surface area contributed by atoms with Crippen LogP contribution in [0.5, 0.6) is 0 Å². The Bertz CT molecular complexity index is 500. The lowest BCUT2D eigenvalue weighted by Crippen LogP contribution is -2.13. The van der Waals surface area contributed by atoms with Crippen LogP contribution in [0.1, 0.15) is 36.6 Å². The van der Waals surface area contributed by atoms with E-state index in [4.69, 9.17) is 8.83 Å². The van der Waals surface area contributed by atoms with Gasteiger partial charge in [-0.2, -0.15) is 0 Å². The van der Waals surface area contributed by atoms with Crippen molar-refractivity contribution in [3.8, 4) is 0 Å². The van der Waals surface area contributed by atoms with Gasteiger partial charge in [-0.25, -0.2) is 4.98 Å². The van der Waals surface area contributed by atoms with Crippen LogP contribution in [0, 0.1) is 13.8 Å². The number of rotatable bonds is 7. The van der Waals surface area contributed by atoms with Gasteiger partial charge in [-0.15, -0.1) is 5.10 Å². The molecule has 0 spiro atoms. The second-order valence-corrected chi connectivity index (χ2v) is 4.28. The van der Waals surface area contributed by atoms with Crippen LogP contribution in [-0.4, -0.2) is 21.7 Å². The van der Waals surface area contributed by atoms with Crippen molar-refractivity contribution in [2.45, 2.75) is 40.3 Å². The Balaban J connectivity index is 1.82. The highest BCUT2D eigenvalue weighted by Crippen LogP contribution is 2.11. The van der Waals surface area contributed by atoms with Gasteiger partial charge >= 0.3 is 6.01 Å². The molecule has 0 radical (unpaired) electrons. The number of anilines is 1. The number of aryl methyl sites for hydroxylation is 2. The van der Waals surface area contributed by atoms with Gasteiger partial charge in [0.15, 0.2) is 0 Å².